The standard InChI is InChI=1S/C17H25ClN2O2/c1-12-6-5-7-14(18)15(12)19-13-8-10-20(11-9-13)16(21)22-17(2,3)4/h5-7,13,19H,8-11H2,1-4H3. The summed E-state index contributed by atoms with van der Waals surface area (Å²) < 4.78 is 5.41. The Morgan fingerprint density at radius 1 is 1.32 bits per heavy atom. The third kappa shape index (κ3) is 4.54. The predicted molar refractivity (Wildman–Crippen MR) is 90.6 cm³/mol. The number of amides is 1. The van der Waals surface area contributed by atoms with Crippen molar-refractivity contribution in [2.45, 2.75) is 52.2 Å². The topological polar surface area (TPSA) is 41.6 Å². The van der Waals surface area contributed by atoms with Crippen LogP contribution >= 0.6 is 11.6 Å². The van der Waals surface area contributed by atoms with Gasteiger partial charge in [-0.15, -0.1) is 0 Å². The molecule has 0 radical (unpaired) electrons. The summed E-state index contributed by atoms with van der Waals surface area (Å²) in [4.78, 5) is 13.8. The number of anilines is 1. The number of likely N-dealkylation sites (tertiary alicyclic amines) is 1. The molecule has 0 atom stereocenters. The zero-order chi connectivity index (χ0) is 16.3. The van der Waals surface area contributed by atoms with E-state index in [0.29, 0.717) is 19.1 Å². The summed E-state index contributed by atoms with van der Waals surface area (Å²) >= 11 is 6.25. The van der Waals surface area contributed by atoms with E-state index in [2.05, 4.69) is 5.32 Å². The smallest absolute Gasteiger partial charge is 0.410 e. The highest BCUT2D eigenvalue weighted by Gasteiger charge is 2.27. The first kappa shape index (κ1) is 16.9. The molecule has 1 aliphatic rings. The van der Waals surface area contributed by atoms with Gasteiger partial charge >= 0.3 is 6.09 Å². The maximum Gasteiger partial charge on any atom is 0.410 e. The molecule has 0 unspecified atom stereocenters. The van der Waals surface area contributed by atoms with E-state index in [1.807, 2.05) is 45.9 Å². The van der Waals surface area contributed by atoms with Crippen LogP contribution in [0, 0.1) is 6.92 Å². The largest absolute Gasteiger partial charge is 0.444 e. The third-order valence-electron chi connectivity index (χ3n) is 3.72. The summed E-state index contributed by atoms with van der Waals surface area (Å²) in [6, 6.07) is 6.22. The molecule has 1 aromatic rings. The van der Waals surface area contributed by atoms with Gasteiger partial charge in [-0.05, 0) is 52.2 Å². The van der Waals surface area contributed by atoms with Gasteiger partial charge in [-0.1, -0.05) is 23.7 Å². The summed E-state index contributed by atoms with van der Waals surface area (Å²) in [6.45, 7) is 9.12. The molecule has 0 spiro atoms. The molecule has 1 heterocycles. The average Bonchev–Trinajstić information content (AvgIpc) is 2.42. The van der Waals surface area contributed by atoms with Gasteiger partial charge in [0.2, 0.25) is 0 Å². The van der Waals surface area contributed by atoms with Gasteiger partial charge in [0.25, 0.3) is 0 Å². The van der Waals surface area contributed by atoms with Crippen LogP contribution in [0.1, 0.15) is 39.2 Å². The van der Waals surface area contributed by atoms with Crippen LogP contribution in [0.5, 0.6) is 0 Å². The number of piperidine rings is 1. The molecule has 1 N–H and O–H groups in total. The molecule has 1 aliphatic heterocycles. The number of carbonyl (C=O) groups excluding carboxylic acids is 1. The molecule has 22 heavy (non-hydrogen) atoms. The summed E-state index contributed by atoms with van der Waals surface area (Å²) in [5.74, 6) is 0. The van der Waals surface area contributed by atoms with E-state index < -0.39 is 5.60 Å². The molecular weight excluding hydrogens is 300 g/mol. The van der Waals surface area contributed by atoms with Gasteiger partial charge in [0, 0.05) is 19.1 Å². The van der Waals surface area contributed by atoms with Crippen molar-refractivity contribution in [2.75, 3.05) is 18.4 Å². The number of nitrogens with one attached hydrogen (secondary N) is 1. The summed E-state index contributed by atoms with van der Waals surface area (Å²) in [5, 5.41) is 4.26. The molecule has 2 rings (SSSR count). The molecule has 1 saturated heterocycles. The molecule has 0 saturated carbocycles. The number of ether oxygens (including phenoxy) is 1. The fraction of sp³-hybridized carbons (Fsp3) is 0.588. The van der Waals surface area contributed by atoms with E-state index in [-0.39, 0.29) is 6.09 Å². The molecule has 4 nitrogen and oxygen atoms in total. The van der Waals surface area contributed by atoms with Gasteiger partial charge in [-0.25, -0.2) is 4.79 Å². The lowest BCUT2D eigenvalue weighted by Crippen LogP contribution is -2.44. The number of nitrogens with zero attached hydrogens (tertiary/aromatic N) is 1. The van der Waals surface area contributed by atoms with Gasteiger partial charge in [-0.2, -0.15) is 0 Å². The maximum absolute atomic E-state index is 12.0. The number of para-hydroxylation sites is 1. The first-order valence-corrected chi connectivity index (χ1v) is 8.13. The van der Waals surface area contributed by atoms with Gasteiger partial charge in [0.1, 0.15) is 5.60 Å². The van der Waals surface area contributed by atoms with E-state index >= 15 is 0 Å². The molecule has 122 valence electrons. The van der Waals surface area contributed by atoms with E-state index in [9.17, 15) is 4.79 Å². The predicted octanol–water partition coefficient (Wildman–Crippen LogP) is 4.46. The lowest BCUT2D eigenvalue weighted by atomic mass is 10.0. The van der Waals surface area contributed by atoms with Gasteiger partial charge in [0.15, 0.2) is 0 Å². The average molecular weight is 325 g/mol. The van der Waals surface area contributed by atoms with Gasteiger partial charge < -0.3 is 15.0 Å². The van der Waals surface area contributed by atoms with Crippen LogP contribution in [-0.4, -0.2) is 35.7 Å². The molecule has 1 aromatic carbocycles. The lowest BCUT2D eigenvalue weighted by molar-refractivity contribution is 0.0210. The Labute approximate surface area is 137 Å². The van der Waals surface area contributed by atoms with E-state index in [1.54, 1.807) is 4.90 Å². The van der Waals surface area contributed by atoms with Crippen molar-refractivity contribution in [1.29, 1.82) is 0 Å². The first-order chi connectivity index (χ1) is 10.3. The van der Waals surface area contributed by atoms with Crippen LogP contribution in [0.2, 0.25) is 5.02 Å². The minimum atomic E-state index is -0.444. The second kappa shape index (κ2) is 6.78. The van der Waals surface area contributed by atoms with Crippen molar-refractivity contribution in [1.82, 2.24) is 4.90 Å². The maximum atomic E-state index is 12.0. The Morgan fingerprint density at radius 2 is 1.95 bits per heavy atom. The van der Waals surface area contributed by atoms with E-state index in [0.717, 1.165) is 29.1 Å². The molecule has 5 heteroatoms. The lowest BCUT2D eigenvalue weighted by Gasteiger charge is -2.34. The number of halogens is 1. The zero-order valence-corrected chi connectivity index (χ0v) is 14.5. The first-order valence-electron chi connectivity index (χ1n) is 7.76. The van der Waals surface area contributed by atoms with Crippen LogP contribution in [0.4, 0.5) is 10.5 Å². The number of hydrogen-bond donors (Lipinski definition) is 1. The van der Waals surface area contributed by atoms with Crippen molar-refractivity contribution >= 4 is 23.4 Å². The molecule has 1 fully saturated rings. The second-order valence-electron chi connectivity index (χ2n) is 6.82. The number of rotatable bonds is 2. The highest BCUT2D eigenvalue weighted by molar-refractivity contribution is 6.33. The Bertz CT molecular complexity index is 512. The minimum Gasteiger partial charge on any atom is -0.444 e. The fourth-order valence-electron chi connectivity index (χ4n) is 2.55. The van der Waals surface area contributed by atoms with E-state index in [4.69, 9.17) is 16.3 Å². The number of aryl methyl sites for hydroxylation is 1. The van der Waals surface area contributed by atoms with Crippen molar-refractivity contribution in [2.24, 2.45) is 0 Å². The van der Waals surface area contributed by atoms with Crippen molar-refractivity contribution in [3.63, 3.8) is 0 Å². The molecular formula is C17H25ClN2O2. The monoisotopic (exact) mass is 324 g/mol. The normalized spacial score (nSPS) is 16.5. The Morgan fingerprint density at radius 3 is 2.50 bits per heavy atom. The zero-order valence-electron chi connectivity index (χ0n) is 13.8. The van der Waals surface area contributed by atoms with Gasteiger partial charge in [-0.3, -0.25) is 0 Å². The molecule has 0 aliphatic carbocycles. The molecule has 0 bridgehead atoms. The Hall–Kier alpha value is -1.42. The second-order valence-corrected chi connectivity index (χ2v) is 7.22. The van der Waals surface area contributed by atoms with Crippen LogP contribution in [0.15, 0.2) is 18.2 Å². The van der Waals surface area contributed by atoms with Crippen LogP contribution in [0.3, 0.4) is 0 Å². The summed E-state index contributed by atoms with van der Waals surface area (Å²) in [7, 11) is 0. The Balaban J connectivity index is 1.89. The van der Waals surface area contributed by atoms with Crippen LogP contribution in [0.25, 0.3) is 0 Å². The molecule has 1 amide bonds. The van der Waals surface area contributed by atoms with E-state index in [1.165, 1.54) is 0 Å². The van der Waals surface area contributed by atoms with Crippen LogP contribution < -0.4 is 5.32 Å². The number of benzene rings is 1. The third-order valence-corrected chi connectivity index (χ3v) is 4.03. The SMILES string of the molecule is Cc1cccc(Cl)c1NC1CCN(C(=O)OC(C)(C)C)CC1. The minimum absolute atomic E-state index is 0.222. The summed E-state index contributed by atoms with van der Waals surface area (Å²) in [5.41, 5.74) is 1.70. The highest BCUT2D eigenvalue weighted by atomic mass is 35.5. The molecule has 0 aromatic heterocycles. The highest BCUT2D eigenvalue weighted by Crippen LogP contribution is 2.28. The van der Waals surface area contributed by atoms with Crippen LogP contribution in [-0.2, 0) is 4.74 Å². The van der Waals surface area contributed by atoms with Crippen molar-refractivity contribution < 1.29 is 9.53 Å². The summed E-state index contributed by atoms with van der Waals surface area (Å²) in [6.07, 6.45) is 1.56. The fourth-order valence-corrected chi connectivity index (χ4v) is 2.83. The van der Waals surface area contributed by atoms with Crippen molar-refractivity contribution in [3.05, 3.63) is 28.8 Å². The number of hydrogen-bond acceptors (Lipinski definition) is 3. The van der Waals surface area contributed by atoms with Gasteiger partial charge in [0.05, 0.1) is 10.7 Å². The van der Waals surface area contributed by atoms with Crippen molar-refractivity contribution in [3.8, 4) is 0 Å². The number of carbonyl (C=O) groups is 1. The Kier molecular flexibility index (Phi) is 5.22. The quantitative estimate of drug-likeness (QED) is 0.873.